The molecule has 0 aliphatic heterocycles. The molecule has 0 heterocycles. The first kappa shape index (κ1) is 10.4. The number of hydrogen-bond donors (Lipinski definition) is 0. The molecule has 0 aromatic heterocycles. The predicted octanol–water partition coefficient (Wildman–Crippen LogP) is 2.57. The quantitative estimate of drug-likeness (QED) is 0.774. The molecule has 1 aromatic carbocycles. The van der Waals surface area contributed by atoms with Crippen molar-refractivity contribution in [1.29, 1.82) is 0 Å². The summed E-state index contributed by atoms with van der Waals surface area (Å²) in [7, 11) is 0. The first-order chi connectivity index (χ1) is 5.86. The van der Waals surface area contributed by atoms with Crippen molar-refractivity contribution in [3.05, 3.63) is 39.1 Å². The van der Waals surface area contributed by atoms with Gasteiger partial charge in [0.25, 0.3) is 0 Å². The van der Waals surface area contributed by atoms with Crippen LogP contribution in [0.3, 0.4) is 0 Å². The third-order valence-electron chi connectivity index (χ3n) is 1.25. The number of thioether (sulfide) groups is 1. The van der Waals surface area contributed by atoms with Gasteiger partial charge >= 0.3 is 92.5 Å². The standard InChI is InChI=1S/C9H9BrSSe/c1-11-9(7-10)12-8-5-3-2-4-6-8/h2-7H,1H3/b9-7+. The second kappa shape index (κ2) is 5.87. The summed E-state index contributed by atoms with van der Waals surface area (Å²) in [6.07, 6.45) is 2.11. The minimum atomic E-state index is 0.462. The summed E-state index contributed by atoms with van der Waals surface area (Å²) in [5.74, 6) is 0. The predicted molar refractivity (Wildman–Crippen MR) is 62.4 cm³/mol. The summed E-state index contributed by atoms with van der Waals surface area (Å²) in [6, 6.07) is 10.6. The van der Waals surface area contributed by atoms with E-state index in [2.05, 4.69) is 52.5 Å². The van der Waals surface area contributed by atoms with Gasteiger partial charge in [-0.2, -0.15) is 0 Å². The molecule has 12 heavy (non-hydrogen) atoms. The van der Waals surface area contributed by atoms with Crippen LogP contribution >= 0.6 is 27.7 Å². The van der Waals surface area contributed by atoms with E-state index in [0.717, 1.165) is 0 Å². The van der Waals surface area contributed by atoms with E-state index in [4.69, 9.17) is 0 Å². The van der Waals surface area contributed by atoms with E-state index in [0.29, 0.717) is 15.0 Å². The molecule has 0 radical (unpaired) electrons. The van der Waals surface area contributed by atoms with E-state index in [1.54, 1.807) is 11.8 Å². The molecule has 0 saturated heterocycles. The van der Waals surface area contributed by atoms with E-state index in [9.17, 15) is 0 Å². The second-order valence-electron chi connectivity index (χ2n) is 2.05. The van der Waals surface area contributed by atoms with Crippen LogP contribution in [0.4, 0.5) is 0 Å². The summed E-state index contributed by atoms with van der Waals surface area (Å²) in [4.78, 5) is 2.02. The van der Waals surface area contributed by atoms with E-state index in [-0.39, 0.29) is 0 Å². The van der Waals surface area contributed by atoms with Gasteiger partial charge in [-0.1, -0.05) is 0 Å². The van der Waals surface area contributed by atoms with Gasteiger partial charge in [-0.05, 0) is 0 Å². The number of rotatable bonds is 3. The van der Waals surface area contributed by atoms with Gasteiger partial charge in [-0.25, -0.2) is 0 Å². The zero-order valence-electron chi connectivity index (χ0n) is 6.66. The van der Waals surface area contributed by atoms with Crippen LogP contribution in [-0.4, -0.2) is 21.2 Å². The summed E-state index contributed by atoms with van der Waals surface area (Å²) < 4.78 is 2.83. The van der Waals surface area contributed by atoms with Crippen LogP contribution in [0, 0.1) is 0 Å². The monoisotopic (exact) mass is 308 g/mol. The zero-order valence-corrected chi connectivity index (χ0v) is 10.8. The van der Waals surface area contributed by atoms with Crippen LogP contribution in [0.25, 0.3) is 0 Å². The van der Waals surface area contributed by atoms with E-state index in [1.807, 2.05) is 4.99 Å². The molecular weight excluding hydrogens is 299 g/mol. The molecule has 0 unspecified atom stereocenters. The van der Waals surface area contributed by atoms with E-state index < -0.39 is 0 Å². The van der Waals surface area contributed by atoms with Gasteiger partial charge in [0.2, 0.25) is 0 Å². The third kappa shape index (κ3) is 3.36. The Morgan fingerprint density at radius 3 is 2.58 bits per heavy atom. The van der Waals surface area contributed by atoms with Gasteiger partial charge in [-0.15, -0.1) is 0 Å². The van der Waals surface area contributed by atoms with Gasteiger partial charge < -0.3 is 0 Å². The average molecular weight is 308 g/mol. The molecule has 0 spiro atoms. The van der Waals surface area contributed by atoms with Crippen molar-refractivity contribution in [2.24, 2.45) is 0 Å². The number of halogens is 1. The van der Waals surface area contributed by atoms with Gasteiger partial charge in [-0.3, -0.25) is 0 Å². The maximum absolute atomic E-state index is 3.37. The summed E-state index contributed by atoms with van der Waals surface area (Å²) >= 11 is 5.64. The minimum absolute atomic E-state index is 0.462. The molecule has 0 N–H and O–H groups in total. The Bertz CT molecular complexity index is 258. The van der Waals surface area contributed by atoms with Crippen molar-refractivity contribution in [1.82, 2.24) is 0 Å². The fraction of sp³-hybridized carbons (Fsp3) is 0.111. The molecule has 0 nitrogen and oxygen atoms in total. The van der Waals surface area contributed by atoms with Crippen LogP contribution in [0.15, 0.2) is 39.1 Å². The molecule has 0 fully saturated rings. The van der Waals surface area contributed by atoms with Crippen molar-refractivity contribution in [2.45, 2.75) is 0 Å². The van der Waals surface area contributed by atoms with Gasteiger partial charge in [0.05, 0.1) is 0 Å². The summed E-state index contributed by atoms with van der Waals surface area (Å²) in [5, 5.41) is 0. The van der Waals surface area contributed by atoms with Crippen LogP contribution in [-0.2, 0) is 0 Å². The van der Waals surface area contributed by atoms with Crippen molar-refractivity contribution in [3.8, 4) is 0 Å². The van der Waals surface area contributed by atoms with E-state index in [1.165, 1.54) is 8.27 Å². The van der Waals surface area contributed by atoms with Gasteiger partial charge in [0.15, 0.2) is 0 Å². The Labute approximate surface area is 92.1 Å². The zero-order chi connectivity index (χ0) is 8.81. The summed E-state index contributed by atoms with van der Waals surface area (Å²) in [6.45, 7) is 0. The molecule has 0 bridgehead atoms. The maximum atomic E-state index is 3.37. The number of hydrogen-bond acceptors (Lipinski definition) is 1. The van der Waals surface area contributed by atoms with Crippen molar-refractivity contribution < 1.29 is 0 Å². The Kier molecular flexibility index (Phi) is 5.08. The molecule has 3 heteroatoms. The van der Waals surface area contributed by atoms with E-state index >= 15 is 0 Å². The topological polar surface area (TPSA) is 0 Å². The first-order valence-corrected chi connectivity index (χ1v) is 7.29. The number of benzene rings is 1. The molecule has 0 atom stereocenters. The molecule has 0 amide bonds. The molecule has 1 rings (SSSR count). The fourth-order valence-corrected chi connectivity index (χ4v) is 4.15. The van der Waals surface area contributed by atoms with Crippen LogP contribution in [0.5, 0.6) is 0 Å². The Hall–Kier alpha value is 0.309. The van der Waals surface area contributed by atoms with Gasteiger partial charge in [0.1, 0.15) is 0 Å². The van der Waals surface area contributed by atoms with Crippen LogP contribution in [0.2, 0.25) is 0 Å². The Morgan fingerprint density at radius 2 is 2.08 bits per heavy atom. The first-order valence-electron chi connectivity index (χ1n) is 3.44. The SMILES string of the molecule is CS/C(=C\Br)[Se]c1ccccc1. The Balaban J connectivity index is 2.64. The van der Waals surface area contributed by atoms with Crippen molar-refractivity contribution in [3.63, 3.8) is 0 Å². The van der Waals surface area contributed by atoms with Crippen LogP contribution in [0.1, 0.15) is 0 Å². The molecule has 1 aromatic rings. The molecule has 0 aliphatic rings. The molecule has 0 aliphatic carbocycles. The normalized spacial score (nSPS) is 11.7. The molecule has 64 valence electrons. The second-order valence-corrected chi connectivity index (χ2v) is 6.28. The van der Waals surface area contributed by atoms with Gasteiger partial charge in [0, 0.05) is 0 Å². The third-order valence-corrected chi connectivity index (χ3v) is 6.43. The summed E-state index contributed by atoms with van der Waals surface area (Å²) in [5.41, 5.74) is 0. The van der Waals surface area contributed by atoms with Crippen LogP contribution < -0.4 is 4.46 Å². The average Bonchev–Trinajstić information content (AvgIpc) is 2.16. The molecule has 0 saturated carbocycles. The molecular formula is C9H9BrSSe. The Morgan fingerprint density at radius 1 is 1.42 bits per heavy atom. The fourth-order valence-electron chi connectivity index (χ4n) is 0.713. The van der Waals surface area contributed by atoms with Crippen molar-refractivity contribution >= 4 is 47.1 Å². The van der Waals surface area contributed by atoms with Crippen molar-refractivity contribution in [2.75, 3.05) is 6.26 Å².